The summed E-state index contributed by atoms with van der Waals surface area (Å²) in [5.74, 6) is 0. The summed E-state index contributed by atoms with van der Waals surface area (Å²) in [5, 5.41) is 12.0. The normalized spacial score (nSPS) is 15.5. The second-order valence-electron chi connectivity index (χ2n) is 4.28. The summed E-state index contributed by atoms with van der Waals surface area (Å²) in [4.78, 5) is 2.48. The molecule has 1 aliphatic carbocycles. The maximum absolute atomic E-state index is 8.57. The van der Waals surface area contributed by atoms with Gasteiger partial charge in [0.1, 0.15) is 0 Å². The Morgan fingerprint density at radius 3 is 2.73 bits per heavy atom. The van der Waals surface area contributed by atoms with Crippen LogP contribution in [0.15, 0.2) is 0 Å². The highest BCUT2D eigenvalue weighted by molar-refractivity contribution is 4.86. The first-order valence-corrected chi connectivity index (χ1v) is 6.20. The standard InChI is InChI=1S/C12H23N3/c1-2-8-14-9-4-11-15(10-3-7-13)12-5-6-12/h12,14H,2-6,8-11H2,1H3. The zero-order chi connectivity index (χ0) is 10.9. The number of nitrogens with one attached hydrogen (secondary N) is 1. The van der Waals surface area contributed by atoms with Crippen molar-refractivity contribution in [3.63, 3.8) is 0 Å². The van der Waals surface area contributed by atoms with Crippen LogP contribution in [0.5, 0.6) is 0 Å². The highest BCUT2D eigenvalue weighted by atomic mass is 15.2. The lowest BCUT2D eigenvalue weighted by molar-refractivity contribution is 0.265. The Morgan fingerprint density at radius 1 is 1.33 bits per heavy atom. The molecule has 1 saturated carbocycles. The van der Waals surface area contributed by atoms with E-state index in [1.807, 2.05) is 0 Å². The molecule has 1 fully saturated rings. The van der Waals surface area contributed by atoms with Crippen molar-refractivity contribution < 1.29 is 0 Å². The maximum Gasteiger partial charge on any atom is 0.0635 e. The zero-order valence-electron chi connectivity index (χ0n) is 9.84. The van der Waals surface area contributed by atoms with Gasteiger partial charge in [0.2, 0.25) is 0 Å². The van der Waals surface area contributed by atoms with Crippen LogP contribution in [-0.2, 0) is 0 Å². The molecular formula is C12H23N3. The van der Waals surface area contributed by atoms with E-state index in [2.05, 4.69) is 23.2 Å². The summed E-state index contributed by atoms with van der Waals surface area (Å²) >= 11 is 0. The van der Waals surface area contributed by atoms with Crippen molar-refractivity contribution in [3.8, 4) is 6.07 Å². The van der Waals surface area contributed by atoms with E-state index in [4.69, 9.17) is 5.26 Å². The van der Waals surface area contributed by atoms with Crippen molar-refractivity contribution >= 4 is 0 Å². The summed E-state index contributed by atoms with van der Waals surface area (Å²) in [5.41, 5.74) is 0. The Kier molecular flexibility index (Phi) is 6.38. The fourth-order valence-electron chi connectivity index (χ4n) is 1.82. The third-order valence-corrected chi connectivity index (χ3v) is 2.80. The van der Waals surface area contributed by atoms with E-state index < -0.39 is 0 Å². The van der Waals surface area contributed by atoms with Crippen LogP contribution in [0.25, 0.3) is 0 Å². The lowest BCUT2D eigenvalue weighted by Crippen LogP contribution is -2.30. The number of nitriles is 1. The highest BCUT2D eigenvalue weighted by Gasteiger charge is 2.27. The molecule has 3 nitrogen and oxygen atoms in total. The number of rotatable bonds is 9. The molecule has 1 rings (SSSR count). The predicted molar refractivity (Wildman–Crippen MR) is 62.6 cm³/mol. The molecule has 1 N–H and O–H groups in total. The maximum atomic E-state index is 8.57. The Labute approximate surface area is 93.5 Å². The van der Waals surface area contributed by atoms with Crippen molar-refractivity contribution in [2.75, 3.05) is 26.2 Å². The van der Waals surface area contributed by atoms with E-state index >= 15 is 0 Å². The Balaban J connectivity index is 2.01. The second kappa shape index (κ2) is 7.67. The van der Waals surface area contributed by atoms with Crippen molar-refractivity contribution in [1.82, 2.24) is 10.2 Å². The molecule has 0 heterocycles. The van der Waals surface area contributed by atoms with Crippen LogP contribution in [0.4, 0.5) is 0 Å². The molecule has 0 spiro atoms. The van der Waals surface area contributed by atoms with Gasteiger partial charge in [-0.3, -0.25) is 4.90 Å². The quantitative estimate of drug-likeness (QED) is 0.588. The van der Waals surface area contributed by atoms with Crippen molar-refractivity contribution in [2.24, 2.45) is 0 Å². The molecular weight excluding hydrogens is 186 g/mol. The van der Waals surface area contributed by atoms with Crippen LogP contribution in [0, 0.1) is 11.3 Å². The minimum Gasteiger partial charge on any atom is -0.317 e. The van der Waals surface area contributed by atoms with Gasteiger partial charge in [0.05, 0.1) is 6.07 Å². The van der Waals surface area contributed by atoms with E-state index in [1.54, 1.807) is 0 Å². The lowest BCUT2D eigenvalue weighted by atomic mass is 10.3. The topological polar surface area (TPSA) is 39.1 Å². The van der Waals surface area contributed by atoms with Gasteiger partial charge in [-0.1, -0.05) is 6.92 Å². The van der Waals surface area contributed by atoms with Crippen LogP contribution in [-0.4, -0.2) is 37.1 Å². The summed E-state index contributed by atoms with van der Waals surface area (Å²) < 4.78 is 0. The van der Waals surface area contributed by atoms with Crippen LogP contribution in [0.1, 0.15) is 39.0 Å². The van der Waals surface area contributed by atoms with Gasteiger partial charge < -0.3 is 5.32 Å². The molecule has 0 bridgehead atoms. The third kappa shape index (κ3) is 5.76. The second-order valence-corrected chi connectivity index (χ2v) is 4.28. The van der Waals surface area contributed by atoms with Crippen LogP contribution in [0.3, 0.4) is 0 Å². The average Bonchev–Trinajstić information content (AvgIpc) is 3.06. The highest BCUT2D eigenvalue weighted by Crippen LogP contribution is 2.26. The predicted octanol–water partition coefficient (Wildman–Crippen LogP) is 1.75. The van der Waals surface area contributed by atoms with Crippen molar-refractivity contribution in [3.05, 3.63) is 0 Å². The Hall–Kier alpha value is -0.590. The molecule has 0 aromatic carbocycles. The minimum atomic E-state index is 0.679. The van der Waals surface area contributed by atoms with Gasteiger partial charge in [-0.15, -0.1) is 0 Å². The monoisotopic (exact) mass is 209 g/mol. The van der Waals surface area contributed by atoms with Gasteiger partial charge in [-0.05, 0) is 45.3 Å². The molecule has 1 aliphatic rings. The lowest BCUT2D eigenvalue weighted by Gasteiger charge is -2.20. The summed E-state index contributed by atoms with van der Waals surface area (Å²) in [7, 11) is 0. The SMILES string of the molecule is CCCNCCCN(CCC#N)C1CC1. The van der Waals surface area contributed by atoms with Crippen LogP contribution < -0.4 is 5.32 Å². The van der Waals surface area contributed by atoms with Gasteiger partial charge in [-0.25, -0.2) is 0 Å². The molecule has 0 aromatic heterocycles. The molecule has 0 radical (unpaired) electrons. The molecule has 15 heavy (non-hydrogen) atoms. The number of nitrogens with zero attached hydrogens (tertiary/aromatic N) is 2. The molecule has 0 aromatic rings. The fourth-order valence-corrected chi connectivity index (χ4v) is 1.82. The molecule has 0 aliphatic heterocycles. The van der Waals surface area contributed by atoms with Crippen LogP contribution >= 0.6 is 0 Å². The minimum absolute atomic E-state index is 0.679. The molecule has 0 amide bonds. The molecule has 0 saturated heterocycles. The first-order valence-electron chi connectivity index (χ1n) is 6.20. The summed E-state index contributed by atoms with van der Waals surface area (Å²) in [6, 6.07) is 3.03. The van der Waals surface area contributed by atoms with Crippen molar-refractivity contribution in [2.45, 2.75) is 45.1 Å². The largest absolute Gasteiger partial charge is 0.317 e. The Morgan fingerprint density at radius 2 is 2.13 bits per heavy atom. The summed E-state index contributed by atoms with van der Waals surface area (Å²) in [6.45, 7) is 6.56. The molecule has 86 valence electrons. The van der Waals surface area contributed by atoms with E-state index in [0.717, 1.165) is 32.2 Å². The average molecular weight is 209 g/mol. The zero-order valence-corrected chi connectivity index (χ0v) is 9.84. The van der Waals surface area contributed by atoms with Gasteiger partial charge in [-0.2, -0.15) is 5.26 Å². The molecule has 0 unspecified atom stereocenters. The van der Waals surface area contributed by atoms with Gasteiger partial charge >= 0.3 is 0 Å². The van der Waals surface area contributed by atoms with Crippen LogP contribution in [0.2, 0.25) is 0 Å². The summed E-state index contributed by atoms with van der Waals surface area (Å²) in [6.07, 6.45) is 5.78. The van der Waals surface area contributed by atoms with Gasteiger partial charge in [0.15, 0.2) is 0 Å². The van der Waals surface area contributed by atoms with E-state index in [1.165, 1.54) is 25.7 Å². The smallest absolute Gasteiger partial charge is 0.0635 e. The Bertz CT molecular complexity index is 194. The molecule has 0 atom stereocenters. The van der Waals surface area contributed by atoms with Crippen molar-refractivity contribution in [1.29, 1.82) is 5.26 Å². The first-order chi connectivity index (χ1) is 7.38. The van der Waals surface area contributed by atoms with E-state index in [9.17, 15) is 0 Å². The first kappa shape index (κ1) is 12.5. The van der Waals surface area contributed by atoms with E-state index in [0.29, 0.717) is 6.42 Å². The fraction of sp³-hybridized carbons (Fsp3) is 0.917. The van der Waals surface area contributed by atoms with E-state index in [-0.39, 0.29) is 0 Å². The van der Waals surface area contributed by atoms with Gasteiger partial charge in [0, 0.05) is 19.0 Å². The van der Waals surface area contributed by atoms with Gasteiger partial charge in [0.25, 0.3) is 0 Å². The molecule has 3 heteroatoms. The number of hydrogen-bond acceptors (Lipinski definition) is 3. The third-order valence-electron chi connectivity index (χ3n) is 2.80. The number of hydrogen-bond donors (Lipinski definition) is 1.